The van der Waals surface area contributed by atoms with Gasteiger partial charge in [0.1, 0.15) is 12.4 Å². The fourth-order valence-electron chi connectivity index (χ4n) is 3.17. The highest BCUT2D eigenvalue weighted by molar-refractivity contribution is 14.1. The first kappa shape index (κ1) is 21.3. The maximum absolute atomic E-state index is 12.3. The molecule has 156 valence electrons. The molecule has 0 aromatic heterocycles. The number of hydrogen-bond acceptors (Lipinski definition) is 4. The smallest absolute Gasteiger partial charge is 0.363 e. The van der Waals surface area contributed by atoms with Crippen molar-refractivity contribution in [2.45, 2.75) is 26.4 Å². The molecule has 0 spiro atoms. The molecule has 0 atom stereocenters. The van der Waals surface area contributed by atoms with Gasteiger partial charge in [0.2, 0.25) is 5.90 Å². The van der Waals surface area contributed by atoms with Crippen LogP contribution >= 0.6 is 22.6 Å². The van der Waals surface area contributed by atoms with Gasteiger partial charge in [-0.25, -0.2) is 9.79 Å². The Kier molecular flexibility index (Phi) is 6.51. The van der Waals surface area contributed by atoms with E-state index in [0.29, 0.717) is 18.4 Å². The number of ether oxygens (including phenoxy) is 2. The van der Waals surface area contributed by atoms with Crippen LogP contribution in [0.1, 0.15) is 42.0 Å². The summed E-state index contributed by atoms with van der Waals surface area (Å²) in [5, 5.41) is 0. The van der Waals surface area contributed by atoms with E-state index in [1.54, 1.807) is 6.08 Å². The van der Waals surface area contributed by atoms with Crippen LogP contribution < -0.4 is 4.74 Å². The van der Waals surface area contributed by atoms with Crippen LogP contribution in [0, 0.1) is 3.57 Å². The van der Waals surface area contributed by atoms with Gasteiger partial charge in [0.15, 0.2) is 5.70 Å². The van der Waals surface area contributed by atoms with E-state index >= 15 is 0 Å². The normalized spacial score (nSPS) is 14.6. The van der Waals surface area contributed by atoms with Crippen LogP contribution in [0.25, 0.3) is 6.08 Å². The Labute approximate surface area is 195 Å². The topological polar surface area (TPSA) is 47.9 Å². The van der Waals surface area contributed by atoms with Crippen molar-refractivity contribution in [3.63, 3.8) is 0 Å². The second kappa shape index (κ2) is 9.47. The van der Waals surface area contributed by atoms with Crippen LogP contribution in [-0.4, -0.2) is 11.9 Å². The van der Waals surface area contributed by atoms with Crippen LogP contribution in [-0.2, 0) is 16.1 Å². The second-order valence-electron chi connectivity index (χ2n) is 7.57. The van der Waals surface area contributed by atoms with Crippen LogP contribution in [0.2, 0.25) is 0 Å². The van der Waals surface area contributed by atoms with Crippen molar-refractivity contribution in [1.29, 1.82) is 0 Å². The van der Waals surface area contributed by atoms with Crippen LogP contribution in [0.3, 0.4) is 0 Å². The first-order valence-corrected chi connectivity index (χ1v) is 11.2. The number of nitrogens with zero attached hydrogens (tertiary/aromatic N) is 1. The summed E-state index contributed by atoms with van der Waals surface area (Å²) >= 11 is 2.30. The number of halogens is 1. The number of rotatable bonds is 6. The lowest BCUT2D eigenvalue weighted by atomic mass is 10.0. The van der Waals surface area contributed by atoms with Crippen molar-refractivity contribution in [1.82, 2.24) is 0 Å². The molecule has 0 saturated heterocycles. The highest BCUT2D eigenvalue weighted by Crippen LogP contribution is 2.23. The molecule has 4 nitrogen and oxygen atoms in total. The largest absolute Gasteiger partial charge is 0.489 e. The molecule has 1 aliphatic rings. The summed E-state index contributed by atoms with van der Waals surface area (Å²) in [7, 11) is 0. The molecule has 0 bridgehead atoms. The molecule has 0 unspecified atom stereocenters. The molecular formula is C26H22INO3. The quantitative estimate of drug-likeness (QED) is 0.215. The number of benzene rings is 3. The van der Waals surface area contributed by atoms with Gasteiger partial charge in [0.05, 0.1) is 0 Å². The van der Waals surface area contributed by atoms with Crippen molar-refractivity contribution >= 4 is 40.5 Å². The lowest BCUT2D eigenvalue weighted by molar-refractivity contribution is -0.129. The number of esters is 1. The Bertz CT molecular complexity index is 1160. The van der Waals surface area contributed by atoms with Crippen molar-refractivity contribution in [3.8, 4) is 5.75 Å². The Morgan fingerprint density at radius 3 is 2.55 bits per heavy atom. The minimum atomic E-state index is -0.451. The molecule has 0 radical (unpaired) electrons. The fraction of sp³-hybridized carbons (Fsp3) is 0.154. The van der Waals surface area contributed by atoms with Crippen molar-refractivity contribution in [2.24, 2.45) is 4.99 Å². The zero-order valence-electron chi connectivity index (χ0n) is 17.3. The highest BCUT2D eigenvalue weighted by Gasteiger charge is 2.24. The lowest BCUT2D eigenvalue weighted by Crippen LogP contribution is -2.05. The molecule has 3 aromatic rings. The number of carbonyl (C=O) groups is 1. The summed E-state index contributed by atoms with van der Waals surface area (Å²) in [6.07, 6.45) is 1.72. The van der Waals surface area contributed by atoms with Gasteiger partial charge in [-0.2, -0.15) is 0 Å². The standard InChI is InChI=1S/C26H22INO3/c1-17(2)19-10-12-20(13-11-19)25-28-24(26(29)31-25)15-18-6-5-8-22(14-18)30-16-21-7-3-4-9-23(21)27/h3-15,17H,16H2,1-2H3/b24-15-. The third-order valence-corrected chi connectivity index (χ3v) is 6.01. The number of hydrogen-bond donors (Lipinski definition) is 0. The van der Waals surface area contributed by atoms with E-state index in [1.807, 2.05) is 66.7 Å². The molecule has 4 rings (SSSR count). The maximum atomic E-state index is 12.3. The summed E-state index contributed by atoms with van der Waals surface area (Å²) in [6, 6.07) is 23.6. The molecule has 5 heteroatoms. The molecule has 31 heavy (non-hydrogen) atoms. The number of aliphatic imine (C=N–C) groups is 1. The van der Waals surface area contributed by atoms with E-state index < -0.39 is 5.97 Å². The lowest BCUT2D eigenvalue weighted by Gasteiger charge is -2.08. The van der Waals surface area contributed by atoms with Gasteiger partial charge in [-0.3, -0.25) is 0 Å². The Hall–Kier alpha value is -2.93. The van der Waals surface area contributed by atoms with Crippen LogP contribution in [0.15, 0.2) is 83.5 Å². The summed E-state index contributed by atoms with van der Waals surface area (Å²) in [5.74, 6) is 1.05. The number of carbonyl (C=O) groups excluding carboxylic acids is 1. The molecule has 0 N–H and O–H groups in total. The molecule has 0 saturated carbocycles. The van der Waals surface area contributed by atoms with Crippen LogP contribution in [0.5, 0.6) is 5.75 Å². The summed E-state index contributed by atoms with van der Waals surface area (Å²) in [5.41, 5.74) is 4.25. The third kappa shape index (κ3) is 5.22. The average Bonchev–Trinajstić information content (AvgIpc) is 3.13. The number of cyclic esters (lactones) is 1. The second-order valence-corrected chi connectivity index (χ2v) is 8.73. The zero-order chi connectivity index (χ0) is 21.8. The van der Waals surface area contributed by atoms with E-state index in [4.69, 9.17) is 9.47 Å². The molecule has 1 heterocycles. The molecule has 1 aliphatic heterocycles. The first-order valence-electron chi connectivity index (χ1n) is 10.1. The fourth-order valence-corrected chi connectivity index (χ4v) is 3.71. The molecule has 0 aliphatic carbocycles. The van der Waals surface area contributed by atoms with Crippen LogP contribution in [0.4, 0.5) is 0 Å². The Morgan fingerprint density at radius 1 is 1.03 bits per heavy atom. The van der Waals surface area contributed by atoms with E-state index in [-0.39, 0.29) is 5.70 Å². The highest BCUT2D eigenvalue weighted by atomic mass is 127. The SMILES string of the molecule is CC(C)c1ccc(C2=N/C(=C\c3cccc(OCc4ccccc4I)c3)C(=O)O2)cc1. The minimum absolute atomic E-state index is 0.276. The Morgan fingerprint density at radius 2 is 1.81 bits per heavy atom. The third-order valence-electron chi connectivity index (χ3n) is 4.96. The van der Waals surface area contributed by atoms with Gasteiger partial charge >= 0.3 is 5.97 Å². The maximum Gasteiger partial charge on any atom is 0.363 e. The molecule has 0 fully saturated rings. The Balaban J connectivity index is 1.50. The van der Waals surface area contributed by atoms with E-state index in [9.17, 15) is 4.79 Å². The van der Waals surface area contributed by atoms with Gasteiger partial charge in [-0.1, -0.05) is 56.3 Å². The van der Waals surface area contributed by atoms with E-state index in [1.165, 1.54) is 5.56 Å². The van der Waals surface area contributed by atoms with E-state index in [2.05, 4.69) is 47.5 Å². The van der Waals surface area contributed by atoms with E-state index in [0.717, 1.165) is 26.0 Å². The van der Waals surface area contributed by atoms with Crippen molar-refractivity contribution in [3.05, 3.63) is 104 Å². The van der Waals surface area contributed by atoms with Gasteiger partial charge in [-0.15, -0.1) is 0 Å². The first-order chi connectivity index (χ1) is 15.0. The predicted molar refractivity (Wildman–Crippen MR) is 131 cm³/mol. The van der Waals surface area contributed by atoms with Crippen molar-refractivity contribution in [2.75, 3.05) is 0 Å². The summed E-state index contributed by atoms with van der Waals surface area (Å²) in [6.45, 7) is 4.76. The minimum Gasteiger partial charge on any atom is -0.489 e. The zero-order valence-corrected chi connectivity index (χ0v) is 19.5. The molecule has 0 amide bonds. The molecular weight excluding hydrogens is 501 g/mol. The predicted octanol–water partition coefficient (Wildman–Crippen LogP) is 6.34. The monoisotopic (exact) mass is 523 g/mol. The van der Waals surface area contributed by atoms with Gasteiger partial charge in [-0.05, 0) is 76.0 Å². The van der Waals surface area contributed by atoms with Gasteiger partial charge in [0, 0.05) is 14.7 Å². The summed E-state index contributed by atoms with van der Waals surface area (Å²) in [4.78, 5) is 16.7. The average molecular weight is 523 g/mol. The molecule has 3 aromatic carbocycles. The van der Waals surface area contributed by atoms with Gasteiger partial charge in [0.25, 0.3) is 0 Å². The van der Waals surface area contributed by atoms with Gasteiger partial charge < -0.3 is 9.47 Å². The van der Waals surface area contributed by atoms with Crippen molar-refractivity contribution < 1.29 is 14.3 Å². The summed E-state index contributed by atoms with van der Waals surface area (Å²) < 4.78 is 12.5.